The first-order valence-electron chi connectivity index (χ1n) is 3.97. The fourth-order valence-corrected chi connectivity index (χ4v) is 3.47. The molecule has 0 aromatic heterocycles. The first-order valence-corrected chi connectivity index (χ1v) is 6.74. The number of sulfone groups is 1. The van der Waals surface area contributed by atoms with Crippen LogP contribution in [0, 0.1) is 0 Å². The largest absolute Gasteiger partial charge is 0.481 e. The predicted octanol–water partition coefficient (Wildman–Crippen LogP) is 0.366. The fraction of sp³-hybridized carbons (Fsp3) is 0.714. The van der Waals surface area contributed by atoms with Crippen LogP contribution >= 0.6 is 11.8 Å². The van der Waals surface area contributed by atoms with E-state index in [0.717, 1.165) is 18.0 Å². The van der Waals surface area contributed by atoms with Crippen LogP contribution < -0.4 is 0 Å². The van der Waals surface area contributed by atoms with Gasteiger partial charge in [-0.15, -0.1) is 0 Å². The van der Waals surface area contributed by atoms with Crippen LogP contribution in [-0.2, 0) is 14.6 Å². The zero-order valence-electron chi connectivity index (χ0n) is 7.80. The summed E-state index contributed by atoms with van der Waals surface area (Å²) >= 11 is 1.04. The molecule has 0 saturated carbocycles. The Hall–Kier alpha value is -0.560. The van der Waals surface area contributed by atoms with Gasteiger partial charge in [-0.05, 0) is 6.92 Å². The van der Waals surface area contributed by atoms with Gasteiger partial charge in [0.1, 0.15) is 0 Å². The number of carboxylic acids is 1. The van der Waals surface area contributed by atoms with E-state index in [2.05, 4.69) is 4.99 Å². The molecule has 1 heterocycles. The van der Waals surface area contributed by atoms with Crippen molar-refractivity contribution in [1.29, 1.82) is 0 Å². The molecule has 0 fully saturated rings. The van der Waals surface area contributed by atoms with Gasteiger partial charge in [-0.3, -0.25) is 9.79 Å². The zero-order chi connectivity index (χ0) is 10.9. The second kappa shape index (κ2) is 3.90. The van der Waals surface area contributed by atoms with Crippen molar-refractivity contribution >= 4 is 31.9 Å². The van der Waals surface area contributed by atoms with Crippen LogP contribution in [0.15, 0.2) is 4.99 Å². The first kappa shape index (κ1) is 11.5. The molecule has 7 heteroatoms. The molecule has 1 rings (SSSR count). The van der Waals surface area contributed by atoms with Crippen molar-refractivity contribution < 1.29 is 18.3 Å². The molecule has 0 bridgehead atoms. The van der Waals surface area contributed by atoms with Gasteiger partial charge in [0, 0.05) is 11.5 Å². The SMILES string of the molecule is CC1N=C(S(C)(=O)=O)SC1CC(=O)O. The molecule has 0 spiro atoms. The molecule has 0 aromatic rings. The third-order valence-electron chi connectivity index (χ3n) is 1.79. The van der Waals surface area contributed by atoms with Gasteiger partial charge in [-0.2, -0.15) is 0 Å². The van der Waals surface area contributed by atoms with E-state index in [1.165, 1.54) is 0 Å². The average Bonchev–Trinajstić information content (AvgIpc) is 2.30. The summed E-state index contributed by atoms with van der Waals surface area (Å²) in [5, 5.41) is 8.30. The third-order valence-corrected chi connectivity index (χ3v) is 4.90. The molecule has 1 aliphatic rings. The van der Waals surface area contributed by atoms with Crippen molar-refractivity contribution in [2.45, 2.75) is 24.6 Å². The average molecular weight is 237 g/mol. The lowest BCUT2D eigenvalue weighted by Gasteiger charge is -2.08. The molecule has 0 radical (unpaired) electrons. The van der Waals surface area contributed by atoms with Gasteiger partial charge in [0.2, 0.25) is 0 Å². The maximum Gasteiger partial charge on any atom is 0.304 e. The van der Waals surface area contributed by atoms with Gasteiger partial charge in [-0.25, -0.2) is 8.42 Å². The molecule has 2 atom stereocenters. The molecule has 0 saturated heterocycles. The van der Waals surface area contributed by atoms with Crippen molar-refractivity contribution in [3.63, 3.8) is 0 Å². The van der Waals surface area contributed by atoms with Gasteiger partial charge in [0.15, 0.2) is 14.2 Å². The minimum atomic E-state index is -3.28. The quantitative estimate of drug-likeness (QED) is 0.750. The second-order valence-corrected chi connectivity index (χ2v) is 6.58. The monoisotopic (exact) mass is 237 g/mol. The summed E-state index contributed by atoms with van der Waals surface area (Å²) in [6, 6.07) is -0.249. The number of aliphatic carboxylic acids is 1. The highest BCUT2D eigenvalue weighted by atomic mass is 32.3. The number of rotatable bonds is 2. The van der Waals surface area contributed by atoms with E-state index in [1.54, 1.807) is 6.92 Å². The molecule has 1 aliphatic heterocycles. The van der Waals surface area contributed by atoms with Gasteiger partial charge in [0.25, 0.3) is 0 Å². The Bertz CT molecular complexity index is 373. The molecule has 2 unspecified atom stereocenters. The number of carbonyl (C=O) groups is 1. The summed E-state index contributed by atoms with van der Waals surface area (Å²) in [5.74, 6) is -0.931. The fourth-order valence-electron chi connectivity index (χ4n) is 1.08. The highest BCUT2D eigenvalue weighted by Gasteiger charge is 2.32. The van der Waals surface area contributed by atoms with E-state index in [0.29, 0.717) is 0 Å². The number of hydrogen-bond acceptors (Lipinski definition) is 5. The number of nitrogens with zero attached hydrogens (tertiary/aromatic N) is 1. The van der Waals surface area contributed by atoms with E-state index in [4.69, 9.17) is 5.11 Å². The summed E-state index contributed by atoms with van der Waals surface area (Å²) in [7, 11) is -3.28. The van der Waals surface area contributed by atoms with E-state index in [1.807, 2.05) is 0 Å². The maximum atomic E-state index is 11.1. The minimum Gasteiger partial charge on any atom is -0.481 e. The number of carboxylic acid groups (broad SMARTS) is 1. The Balaban J connectivity index is 2.74. The van der Waals surface area contributed by atoms with E-state index < -0.39 is 15.8 Å². The second-order valence-electron chi connectivity index (χ2n) is 3.16. The van der Waals surface area contributed by atoms with Crippen molar-refractivity contribution in [1.82, 2.24) is 0 Å². The summed E-state index contributed by atoms with van der Waals surface area (Å²) in [5.41, 5.74) is 0. The first-order chi connectivity index (χ1) is 6.30. The smallest absolute Gasteiger partial charge is 0.304 e. The van der Waals surface area contributed by atoms with Crippen LogP contribution in [0.4, 0.5) is 0 Å². The Morgan fingerprint density at radius 2 is 2.21 bits per heavy atom. The van der Waals surface area contributed by atoms with Crippen molar-refractivity contribution in [3.05, 3.63) is 0 Å². The number of thioether (sulfide) groups is 1. The van der Waals surface area contributed by atoms with Crippen LogP contribution in [0.5, 0.6) is 0 Å². The molecule has 0 amide bonds. The number of hydrogen-bond donors (Lipinski definition) is 1. The summed E-state index contributed by atoms with van der Waals surface area (Å²) in [4.78, 5) is 14.4. The topological polar surface area (TPSA) is 83.8 Å². The van der Waals surface area contributed by atoms with Gasteiger partial charge < -0.3 is 5.11 Å². The van der Waals surface area contributed by atoms with Crippen LogP contribution in [0.2, 0.25) is 0 Å². The molecule has 0 aliphatic carbocycles. The van der Waals surface area contributed by atoms with Gasteiger partial charge in [-0.1, -0.05) is 11.8 Å². The minimum absolute atomic E-state index is 0.0521. The third kappa shape index (κ3) is 2.71. The Labute approximate surface area is 86.5 Å². The van der Waals surface area contributed by atoms with Crippen molar-refractivity contribution in [2.24, 2.45) is 4.99 Å². The standard InChI is InChI=1S/C7H11NO4S2/c1-4-5(3-6(9)10)13-7(8-4)14(2,11)12/h4-5H,3H2,1-2H3,(H,9,10). The normalized spacial score (nSPS) is 27.4. The zero-order valence-corrected chi connectivity index (χ0v) is 9.43. The molecule has 1 N–H and O–H groups in total. The Morgan fingerprint density at radius 3 is 2.57 bits per heavy atom. The lowest BCUT2D eigenvalue weighted by Crippen LogP contribution is -2.17. The maximum absolute atomic E-state index is 11.1. The van der Waals surface area contributed by atoms with E-state index >= 15 is 0 Å². The molecule has 14 heavy (non-hydrogen) atoms. The Morgan fingerprint density at radius 1 is 1.64 bits per heavy atom. The van der Waals surface area contributed by atoms with Gasteiger partial charge >= 0.3 is 5.97 Å². The van der Waals surface area contributed by atoms with E-state index in [9.17, 15) is 13.2 Å². The van der Waals surface area contributed by atoms with Crippen LogP contribution in [0.3, 0.4) is 0 Å². The van der Waals surface area contributed by atoms with Crippen LogP contribution in [-0.4, -0.2) is 41.4 Å². The van der Waals surface area contributed by atoms with Crippen molar-refractivity contribution in [3.8, 4) is 0 Å². The van der Waals surface area contributed by atoms with E-state index in [-0.39, 0.29) is 22.1 Å². The van der Waals surface area contributed by atoms with Crippen LogP contribution in [0.25, 0.3) is 0 Å². The molecular weight excluding hydrogens is 226 g/mol. The highest BCUT2D eigenvalue weighted by molar-refractivity contribution is 8.35. The summed E-state index contributed by atoms with van der Waals surface area (Å²) in [6.07, 6.45) is 1.02. The molecule has 5 nitrogen and oxygen atoms in total. The molecular formula is C7H11NO4S2. The van der Waals surface area contributed by atoms with Crippen molar-refractivity contribution in [2.75, 3.05) is 6.26 Å². The predicted molar refractivity (Wildman–Crippen MR) is 55.4 cm³/mol. The molecule has 0 aromatic carbocycles. The lowest BCUT2D eigenvalue weighted by atomic mass is 10.2. The summed E-state index contributed by atoms with van der Waals surface area (Å²) < 4.78 is 22.3. The van der Waals surface area contributed by atoms with Crippen LogP contribution in [0.1, 0.15) is 13.3 Å². The van der Waals surface area contributed by atoms with Gasteiger partial charge in [0.05, 0.1) is 12.5 Å². The number of aliphatic imine (C=N–C) groups is 1. The molecule has 80 valence electrons. The highest BCUT2D eigenvalue weighted by Crippen LogP contribution is 2.31. The summed E-state index contributed by atoms with van der Waals surface area (Å²) in [6.45, 7) is 1.72. The lowest BCUT2D eigenvalue weighted by molar-refractivity contribution is -0.137. The Kier molecular flexibility index (Phi) is 3.20.